The van der Waals surface area contributed by atoms with Gasteiger partial charge in [-0.3, -0.25) is 0 Å². The van der Waals surface area contributed by atoms with Crippen molar-refractivity contribution in [2.75, 3.05) is 18.0 Å². The van der Waals surface area contributed by atoms with Gasteiger partial charge in [-0.2, -0.15) is 0 Å². The van der Waals surface area contributed by atoms with Crippen LogP contribution in [0.3, 0.4) is 0 Å². The second-order valence-electron chi connectivity index (χ2n) is 6.43. The number of primary sulfonamides is 1. The summed E-state index contributed by atoms with van der Waals surface area (Å²) in [5, 5.41) is 5.33. The van der Waals surface area contributed by atoms with Crippen LogP contribution in [0.2, 0.25) is 0 Å². The molecule has 2 aromatic rings. The molecule has 6 nitrogen and oxygen atoms in total. The van der Waals surface area contributed by atoms with Crippen molar-refractivity contribution in [3.63, 3.8) is 0 Å². The summed E-state index contributed by atoms with van der Waals surface area (Å²) >= 11 is 0. The first-order valence-corrected chi connectivity index (χ1v) is 9.51. The third kappa shape index (κ3) is 2.63. The fraction of sp³-hybridized carbons (Fsp3) is 0.353. The molecule has 1 aromatic heterocycles. The molecule has 4 rings (SSSR count). The summed E-state index contributed by atoms with van der Waals surface area (Å²) in [5.41, 5.74) is 0.936. The van der Waals surface area contributed by atoms with Gasteiger partial charge in [0.05, 0.1) is 6.54 Å². The third-order valence-electron chi connectivity index (χ3n) is 4.82. The molecule has 2 N–H and O–H groups in total. The summed E-state index contributed by atoms with van der Waals surface area (Å²) in [4.78, 5) is 6.29. The molecule has 7 heteroatoms. The van der Waals surface area contributed by atoms with E-state index in [1.54, 1.807) is 12.3 Å². The van der Waals surface area contributed by atoms with Crippen LogP contribution >= 0.6 is 0 Å². The molecule has 1 spiro atoms. The van der Waals surface area contributed by atoms with E-state index in [9.17, 15) is 8.42 Å². The summed E-state index contributed by atoms with van der Waals surface area (Å²) in [5.74, 6) is 1.35. The minimum Gasteiger partial charge on any atom is -0.485 e. The first-order valence-electron chi connectivity index (χ1n) is 7.97. The average molecular weight is 345 g/mol. The first-order chi connectivity index (χ1) is 11.5. The number of fused-ring (bicyclic) bond motifs is 1. The lowest BCUT2D eigenvalue weighted by atomic mass is 9.90. The molecule has 1 aromatic carbocycles. The van der Waals surface area contributed by atoms with Crippen molar-refractivity contribution in [2.45, 2.75) is 29.8 Å². The van der Waals surface area contributed by atoms with Gasteiger partial charge in [0.1, 0.15) is 22.1 Å². The molecule has 1 fully saturated rings. The Bertz CT molecular complexity index is 884. The summed E-state index contributed by atoms with van der Waals surface area (Å²) in [6, 6.07) is 11.2. The van der Waals surface area contributed by atoms with Crippen molar-refractivity contribution in [1.82, 2.24) is 4.98 Å². The number of nitrogens with two attached hydrogens (primary N) is 1. The molecule has 1 unspecified atom stereocenters. The average Bonchev–Trinajstić information content (AvgIpc) is 2.97. The number of benzene rings is 1. The minimum absolute atomic E-state index is 0.0678. The first kappa shape index (κ1) is 15.4. The lowest BCUT2D eigenvalue weighted by Crippen LogP contribution is -2.42. The van der Waals surface area contributed by atoms with Crippen molar-refractivity contribution in [3.05, 3.63) is 48.2 Å². The number of sulfonamides is 1. The van der Waals surface area contributed by atoms with E-state index >= 15 is 0 Å². The Morgan fingerprint density at radius 1 is 1.17 bits per heavy atom. The largest absolute Gasteiger partial charge is 0.485 e. The van der Waals surface area contributed by atoms with E-state index in [2.05, 4.69) is 11.1 Å². The van der Waals surface area contributed by atoms with Crippen molar-refractivity contribution < 1.29 is 13.2 Å². The molecule has 126 valence electrons. The van der Waals surface area contributed by atoms with E-state index in [0.717, 1.165) is 25.0 Å². The van der Waals surface area contributed by atoms with Crippen LogP contribution in [0.15, 0.2) is 47.5 Å². The smallest absolute Gasteiger partial charge is 0.241 e. The monoisotopic (exact) mass is 345 g/mol. The number of hydrogen-bond donors (Lipinski definition) is 1. The summed E-state index contributed by atoms with van der Waals surface area (Å²) in [6.45, 7) is 1.31. The van der Waals surface area contributed by atoms with Gasteiger partial charge in [0.25, 0.3) is 0 Å². The van der Waals surface area contributed by atoms with Crippen LogP contribution in [0.5, 0.6) is 5.75 Å². The Balaban J connectivity index is 1.63. The van der Waals surface area contributed by atoms with Gasteiger partial charge in [-0.15, -0.1) is 0 Å². The topological polar surface area (TPSA) is 85.5 Å². The molecule has 0 saturated carbocycles. The highest BCUT2D eigenvalue weighted by Gasteiger charge is 2.43. The van der Waals surface area contributed by atoms with Gasteiger partial charge in [0.15, 0.2) is 0 Å². The predicted octanol–water partition coefficient (Wildman–Crippen LogP) is 1.70. The SMILES string of the molecule is NS(=O)(=O)c1cccnc1N1CCC2(CCc3ccccc3O2)C1. The lowest BCUT2D eigenvalue weighted by Gasteiger charge is -2.35. The number of nitrogens with zero attached hydrogens (tertiary/aromatic N) is 2. The van der Waals surface area contributed by atoms with Gasteiger partial charge in [-0.05, 0) is 36.6 Å². The van der Waals surface area contributed by atoms with E-state index in [0.29, 0.717) is 18.9 Å². The van der Waals surface area contributed by atoms with Crippen LogP contribution < -0.4 is 14.8 Å². The fourth-order valence-corrected chi connectivity index (χ4v) is 4.32. The molecular formula is C17H19N3O3S. The van der Waals surface area contributed by atoms with Crippen LogP contribution in [-0.4, -0.2) is 32.1 Å². The van der Waals surface area contributed by atoms with Crippen LogP contribution in [0, 0.1) is 0 Å². The molecule has 0 bridgehead atoms. The second kappa shape index (κ2) is 5.46. The van der Waals surface area contributed by atoms with Crippen molar-refractivity contribution in [2.24, 2.45) is 5.14 Å². The van der Waals surface area contributed by atoms with Gasteiger partial charge >= 0.3 is 0 Å². The standard InChI is InChI=1S/C17H19N3O3S/c18-24(21,22)15-6-3-10-19-16(15)20-11-9-17(12-20)8-7-13-4-1-2-5-14(13)23-17/h1-6,10H,7-9,11-12H2,(H2,18,21,22). The zero-order chi connectivity index (χ0) is 16.8. The maximum absolute atomic E-state index is 11.8. The number of pyridine rings is 1. The maximum atomic E-state index is 11.8. The normalized spacial score (nSPS) is 23.1. The highest BCUT2D eigenvalue weighted by Crippen LogP contribution is 2.40. The van der Waals surface area contributed by atoms with E-state index in [4.69, 9.17) is 9.88 Å². The summed E-state index contributed by atoms with van der Waals surface area (Å²) < 4.78 is 30.0. The van der Waals surface area contributed by atoms with Gasteiger partial charge in [-0.25, -0.2) is 18.5 Å². The van der Waals surface area contributed by atoms with E-state index in [1.807, 2.05) is 23.1 Å². The Kier molecular flexibility index (Phi) is 3.51. The van der Waals surface area contributed by atoms with E-state index in [-0.39, 0.29) is 10.5 Å². The molecule has 0 aliphatic carbocycles. The lowest BCUT2D eigenvalue weighted by molar-refractivity contribution is 0.0682. The Morgan fingerprint density at radius 2 is 2.00 bits per heavy atom. The van der Waals surface area contributed by atoms with Crippen molar-refractivity contribution >= 4 is 15.8 Å². The zero-order valence-corrected chi connectivity index (χ0v) is 14.0. The number of aryl methyl sites for hydroxylation is 1. The molecular weight excluding hydrogens is 326 g/mol. The maximum Gasteiger partial charge on any atom is 0.241 e. The number of aromatic nitrogens is 1. The summed E-state index contributed by atoms with van der Waals surface area (Å²) in [7, 11) is -3.81. The van der Waals surface area contributed by atoms with Crippen LogP contribution in [0.1, 0.15) is 18.4 Å². The van der Waals surface area contributed by atoms with Gasteiger partial charge in [-0.1, -0.05) is 18.2 Å². The summed E-state index contributed by atoms with van der Waals surface area (Å²) in [6.07, 6.45) is 4.31. The molecule has 24 heavy (non-hydrogen) atoms. The Hall–Kier alpha value is -2.12. The number of hydrogen-bond acceptors (Lipinski definition) is 5. The Labute approximate surface area is 141 Å². The predicted molar refractivity (Wildman–Crippen MR) is 90.6 cm³/mol. The van der Waals surface area contributed by atoms with Crippen molar-refractivity contribution in [3.8, 4) is 5.75 Å². The van der Waals surface area contributed by atoms with Crippen LogP contribution in [-0.2, 0) is 16.4 Å². The van der Waals surface area contributed by atoms with Crippen LogP contribution in [0.25, 0.3) is 0 Å². The molecule has 0 amide bonds. The molecule has 3 heterocycles. The van der Waals surface area contributed by atoms with E-state index in [1.165, 1.54) is 11.6 Å². The van der Waals surface area contributed by atoms with Gasteiger partial charge in [0.2, 0.25) is 10.0 Å². The highest BCUT2D eigenvalue weighted by atomic mass is 32.2. The Morgan fingerprint density at radius 3 is 2.83 bits per heavy atom. The molecule has 2 aliphatic heterocycles. The molecule has 2 aliphatic rings. The van der Waals surface area contributed by atoms with E-state index < -0.39 is 10.0 Å². The van der Waals surface area contributed by atoms with Gasteiger partial charge in [0, 0.05) is 19.2 Å². The van der Waals surface area contributed by atoms with Crippen molar-refractivity contribution in [1.29, 1.82) is 0 Å². The zero-order valence-electron chi connectivity index (χ0n) is 13.2. The minimum atomic E-state index is -3.81. The van der Waals surface area contributed by atoms with Crippen LogP contribution in [0.4, 0.5) is 5.82 Å². The quantitative estimate of drug-likeness (QED) is 0.895. The number of rotatable bonds is 2. The fourth-order valence-electron chi connectivity index (χ4n) is 3.61. The number of para-hydroxylation sites is 1. The van der Waals surface area contributed by atoms with Gasteiger partial charge < -0.3 is 9.64 Å². The molecule has 0 radical (unpaired) electrons. The molecule has 1 saturated heterocycles. The third-order valence-corrected chi connectivity index (χ3v) is 5.75. The second-order valence-corrected chi connectivity index (χ2v) is 7.96. The highest BCUT2D eigenvalue weighted by molar-refractivity contribution is 7.89. The molecule has 1 atom stereocenters. The number of ether oxygens (including phenoxy) is 1. The number of anilines is 1.